The van der Waals surface area contributed by atoms with Crippen LogP contribution in [0.25, 0.3) is 11.5 Å². The molecular formula is C22H19N7O3. The average Bonchev–Trinajstić information content (AvgIpc) is 3.40. The first kappa shape index (κ1) is 19.6. The van der Waals surface area contributed by atoms with Gasteiger partial charge in [-0.15, -0.1) is 21.7 Å². The van der Waals surface area contributed by atoms with Crippen molar-refractivity contribution in [1.82, 2.24) is 29.6 Å². The topological polar surface area (TPSA) is 108 Å². The summed E-state index contributed by atoms with van der Waals surface area (Å²) in [6, 6.07) is 9.16. The number of ether oxygens (including phenoxy) is 2. The van der Waals surface area contributed by atoms with Crippen LogP contribution in [0.5, 0.6) is 11.5 Å². The first-order chi connectivity index (χ1) is 15.6. The molecule has 1 N–H and O–H groups in total. The maximum Gasteiger partial charge on any atom is 0.226 e. The van der Waals surface area contributed by atoms with Gasteiger partial charge in [0.05, 0.1) is 13.3 Å². The zero-order valence-corrected chi connectivity index (χ0v) is 17.4. The van der Waals surface area contributed by atoms with Gasteiger partial charge in [-0.2, -0.15) is 14.3 Å². The molecule has 4 aromatic rings. The van der Waals surface area contributed by atoms with Gasteiger partial charge >= 0.3 is 0 Å². The molecule has 0 radical (unpaired) electrons. The highest BCUT2D eigenvalue weighted by atomic mass is 16.5. The van der Waals surface area contributed by atoms with E-state index in [2.05, 4.69) is 31.6 Å². The lowest BCUT2D eigenvalue weighted by molar-refractivity contribution is -0.116. The van der Waals surface area contributed by atoms with Gasteiger partial charge in [0.2, 0.25) is 5.91 Å². The Morgan fingerprint density at radius 1 is 1.25 bits per heavy atom. The second-order valence-electron chi connectivity index (χ2n) is 7.28. The Bertz CT molecular complexity index is 1380. The summed E-state index contributed by atoms with van der Waals surface area (Å²) in [6.07, 6.45) is 7.31. The van der Waals surface area contributed by atoms with Crippen LogP contribution in [0.3, 0.4) is 0 Å². The molecule has 32 heavy (non-hydrogen) atoms. The molecule has 4 heterocycles. The number of rotatable bonds is 5. The maximum absolute atomic E-state index is 12.6. The number of nitrogens with zero attached hydrogens (tertiary/aromatic N) is 6. The number of hydrogen-bond acceptors (Lipinski definition) is 7. The van der Waals surface area contributed by atoms with Crippen molar-refractivity contribution in [2.75, 3.05) is 19.0 Å². The van der Waals surface area contributed by atoms with Crippen molar-refractivity contribution >= 4 is 17.4 Å². The normalized spacial score (nSPS) is 15.2. The van der Waals surface area contributed by atoms with Crippen LogP contribution in [-0.2, 0) is 4.79 Å². The lowest BCUT2D eigenvalue weighted by Crippen LogP contribution is -2.25. The smallest absolute Gasteiger partial charge is 0.226 e. The van der Waals surface area contributed by atoms with Crippen molar-refractivity contribution < 1.29 is 14.3 Å². The predicted molar refractivity (Wildman–Crippen MR) is 115 cm³/mol. The van der Waals surface area contributed by atoms with Crippen molar-refractivity contribution in [2.45, 2.75) is 19.3 Å². The third-order valence-electron chi connectivity index (χ3n) is 5.34. The van der Waals surface area contributed by atoms with Crippen LogP contribution < -0.4 is 14.8 Å². The third kappa shape index (κ3) is 3.20. The van der Waals surface area contributed by atoms with E-state index in [-0.39, 0.29) is 24.9 Å². The number of benzene rings is 1. The fraction of sp³-hybridized carbons (Fsp3) is 0.227. The molecule has 0 unspecified atom stereocenters. The Hall–Kier alpha value is -4.39. The quantitative estimate of drug-likeness (QED) is 0.484. The van der Waals surface area contributed by atoms with Crippen LogP contribution in [0.2, 0.25) is 0 Å². The Labute approximate surface area is 183 Å². The van der Waals surface area contributed by atoms with E-state index >= 15 is 0 Å². The third-order valence-corrected chi connectivity index (χ3v) is 5.34. The molecule has 1 aliphatic rings. The highest BCUT2D eigenvalue weighted by Gasteiger charge is 2.31. The second kappa shape index (κ2) is 7.70. The molecule has 1 amide bonds. The zero-order valence-electron chi connectivity index (χ0n) is 17.4. The predicted octanol–water partition coefficient (Wildman–Crippen LogP) is 2.11. The molecule has 0 bridgehead atoms. The first-order valence-electron chi connectivity index (χ1n) is 9.90. The monoisotopic (exact) mass is 429 g/mol. The van der Waals surface area contributed by atoms with Gasteiger partial charge in [0.1, 0.15) is 12.4 Å². The molecule has 5 rings (SSSR count). The fourth-order valence-corrected chi connectivity index (χ4v) is 3.83. The number of aryl methyl sites for hydroxylation is 1. The average molecular weight is 429 g/mol. The molecule has 3 aromatic heterocycles. The Balaban J connectivity index is 1.56. The van der Waals surface area contributed by atoms with Gasteiger partial charge in [-0.05, 0) is 36.8 Å². The molecule has 0 spiro atoms. The van der Waals surface area contributed by atoms with Gasteiger partial charge in [0.25, 0.3) is 0 Å². The van der Waals surface area contributed by atoms with E-state index in [1.54, 1.807) is 40.7 Å². The number of methoxy groups -OCH3 is 1. The van der Waals surface area contributed by atoms with Crippen molar-refractivity contribution in [3.8, 4) is 29.7 Å². The number of amides is 1. The lowest BCUT2D eigenvalue weighted by Gasteiger charge is -2.24. The molecule has 0 saturated heterocycles. The number of carbonyl (C=O) groups is 1. The zero-order chi connectivity index (χ0) is 22.2. The number of aromatic nitrogens is 6. The summed E-state index contributed by atoms with van der Waals surface area (Å²) in [4.78, 5) is 12.6. The van der Waals surface area contributed by atoms with Crippen LogP contribution in [0, 0.1) is 19.3 Å². The molecule has 0 aliphatic carbocycles. The molecular weight excluding hydrogens is 410 g/mol. The highest BCUT2D eigenvalue weighted by molar-refractivity contribution is 5.94. The van der Waals surface area contributed by atoms with E-state index in [1.165, 1.54) is 0 Å². The fourth-order valence-electron chi connectivity index (χ4n) is 3.83. The van der Waals surface area contributed by atoms with E-state index in [0.29, 0.717) is 34.6 Å². The number of hydrogen-bond donors (Lipinski definition) is 1. The van der Waals surface area contributed by atoms with E-state index < -0.39 is 0 Å². The van der Waals surface area contributed by atoms with E-state index in [4.69, 9.17) is 15.9 Å². The van der Waals surface area contributed by atoms with Crippen molar-refractivity contribution in [3.63, 3.8) is 0 Å². The number of carbonyl (C=O) groups excluding carboxylic acids is 1. The van der Waals surface area contributed by atoms with Gasteiger partial charge in [0, 0.05) is 17.9 Å². The van der Waals surface area contributed by atoms with Crippen LogP contribution in [0.15, 0.2) is 36.5 Å². The van der Waals surface area contributed by atoms with Crippen molar-refractivity contribution in [3.05, 3.63) is 53.5 Å². The Morgan fingerprint density at radius 2 is 2.12 bits per heavy atom. The van der Waals surface area contributed by atoms with Crippen LogP contribution in [-0.4, -0.2) is 49.2 Å². The van der Waals surface area contributed by atoms with Gasteiger partial charge in [-0.3, -0.25) is 4.79 Å². The second-order valence-corrected chi connectivity index (χ2v) is 7.28. The highest BCUT2D eigenvalue weighted by Crippen LogP contribution is 2.40. The van der Waals surface area contributed by atoms with Crippen molar-refractivity contribution in [1.29, 1.82) is 0 Å². The van der Waals surface area contributed by atoms with Crippen LogP contribution >= 0.6 is 0 Å². The number of fused-ring (bicyclic) bond motifs is 2. The summed E-state index contributed by atoms with van der Waals surface area (Å²) in [7, 11) is 1.56. The van der Waals surface area contributed by atoms with Gasteiger partial charge < -0.3 is 14.8 Å². The molecule has 0 saturated carbocycles. The minimum Gasteiger partial charge on any atom is -0.493 e. The molecule has 10 nitrogen and oxygen atoms in total. The van der Waals surface area contributed by atoms with Crippen LogP contribution in [0.4, 0.5) is 5.82 Å². The summed E-state index contributed by atoms with van der Waals surface area (Å²) in [5, 5.41) is 20.1. The molecule has 10 heteroatoms. The van der Waals surface area contributed by atoms with Gasteiger partial charge in [0.15, 0.2) is 28.8 Å². The number of terminal acetylenes is 1. The molecule has 1 atom stereocenters. The van der Waals surface area contributed by atoms with E-state index in [1.807, 2.05) is 19.1 Å². The SMILES string of the molecule is C#CCOc1ccc([C@H]2CC(=O)Nc3c2cnn3-c2ccc3nnc(C)n3n2)cc1OC. The minimum absolute atomic E-state index is 0.113. The summed E-state index contributed by atoms with van der Waals surface area (Å²) >= 11 is 0. The van der Waals surface area contributed by atoms with Crippen LogP contribution in [0.1, 0.15) is 29.3 Å². The Kier molecular flexibility index (Phi) is 4.71. The maximum atomic E-state index is 12.6. The lowest BCUT2D eigenvalue weighted by atomic mass is 9.87. The standard InChI is InChI=1S/C22H19N7O3/c1-4-9-32-17-6-5-14(10-18(17)31-3)15-11-21(30)24-22-16(15)12-23-29(22)20-8-7-19-26-25-13(2)28(19)27-20/h1,5-8,10,12,15H,9,11H2,2-3H3,(H,24,30)/t15-/m1/s1. The largest absolute Gasteiger partial charge is 0.493 e. The molecule has 0 fully saturated rings. The molecule has 1 aromatic carbocycles. The Morgan fingerprint density at radius 3 is 2.94 bits per heavy atom. The summed E-state index contributed by atoms with van der Waals surface area (Å²) < 4.78 is 14.2. The van der Waals surface area contributed by atoms with E-state index in [0.717, 1.165) is 11.1 Å². The van der Waals surface area contributed by atoms with E-state index in [9.17, 15) is 4.79 Å². The first-order valence-corrected chi connectivity index (χ1v) is 9.90. The van der Waals surface area contributed by atoms with Gasteiger partial charge in [-0.1, -0.05) is 12.0 Å². The number of nitrogens with one attached hydrogen (secondary N) is 1. The summed E-state index contributed by atoms with van der Waals surface area (Å²) in [6.45, 7) is 1.96. The van der Waals surface area contributed by atoms with Crippen molar-refractivity contribution in [2.24, 2.45) is 0 Å². The van der Waals surface area contributed by atoms with Gasteiger partial charge in [-0.25, -0.2) is 0 Å². The summed E-state index contributed by atoms with van der Waals surface area (Å²) in [5.41, 5.74) is 2.42. The molecule has 1 aliphatic heterocycles. The minimum atomic E-state index is -0.205. The number of anilines is 1. The summed E-state index contributed by atoms with van der Waals surface area (Å²) in [5.74, 6) is 4.99. The molecule has 160 valence electrons.